The van der Waals surface area contributed by atoms with Gasteiger partial charge in [-0.2, -0.15) is 0 Å². The lowest BCUT2D eigenvalue weighted by Crippen LogP contribution is -2.55. The Balaban J connectivity index is 1.52. The number of anilines is 1. The first-order chi connectivity index (χ1) is 21.7. The number of hydrogen-bond acceptors (Lipinski definition) is 6. The number of hydrogen-bond donors (Lipinski definition) is 1. The average Bonchev–Trinajstić information content (AvgIpc) is 3.06. The molecule has 2 aliphatic rings. The minimum absolute atomic E-state index is 0.0506. The molecule has 10 heteroatoms. The average molecular weight is 634 g/mol. The van der Waals surface area contributed by atoms with Crippen molar-refractivity contribution in [2.45, 2.75) is 71.0 Å². The molecule has 0 spiro atoms. The molecule has 3 aromatic rings. The van der Waals surface area contributed by atoms with E-state index in [1.807, 2.05) is 61.5 Å². The van der Waals surface area contributed by atoms with Crippen molar-refractivity contribution in [2.24, 2.45) is 0 Å². The van der Waals surface area contributed by atoms with Crippen LogP contribution < -0.4 is 19.1 Å². The molecule has 1 aliphatic carbocycles. The molecule has 1 saturated carbocycles. The Bertz CT molecular complexity index is 1570. The van der Waals surface area contributed by atoms with Crippen molar-refractivity contribution in [3.8, 4) is 11.5 Å². The summed E-state index contributed by atoms with van der Waals surface area (Å²) in [5.41, 5.74) is 3.08. The molecule has 2 amide bonds. The van der Waals surface area contributed by atoms with Gasteiger partial charge in [0, 0.05) is 25.1 Å². The highest BCUT2D eigenvalue weighted by Crippen LogP contribution is 2.35. The predicted molar refractivity (Wildman–Crippen MR) is 175 cm³/mol. The quantitative estimate of drug-likeness (QED) is 0.301. The van der Waals surface area contributed by atoms with Crippen LogP contribution in [0.2, 0.25) is 0 Å². The van der Waals surface area contributed by atoms with E-state index in [0.717, 1.165) is 53.1 Å². The fourth-order valence-corrected chi connectivity index (χ4v) is 7.03. The smallest absolute Gasteiger partial charge is 0.244 e. The summed E-state index contributed by atoms with van der Waals surface area (Å²) in [4.78, 5) is 30.2. The number of nitrogens with one attached hydrogen (secondary N) is 1. The van der Waals surface area contributed by atoms with Crippen molar-refractivity contribution >= 4 is 27.5 Å². The first-order valence-electron chi connectivity index (χ1n) is 15.8. The molecule has 0 aromatic heterocycles. The van der Waals surface area contributed by atoms with Crippen LogP contribution in [0.5, 0.6) is 11.5 Å². The first kappa shape index (κ1) is 32.3. The van der Waals surface area contributed by atoms with Crippen LogP contribution in [-0.4, -0.2) is 62.7 Å². The summed E-state index contributed by atoms with van der Waals surface area (Å²) < 4.78 is 39.5. The van der Waals surface area contributed by atoms with E-state index in [4.69, 9.17) is 9.47 Å². The third-order valence-corrected chi connectivity index (χ3v) is 10.4. The molecule has 9 nitrogen and oxygen atoms in total. The lowest BCUT2D eigenvalue weighted by atomic mass is 9.94. The van der Waals surface area contributed by atoms with Gasteiger partial charge in [-0.15, -0.1) is 0 Å². The first-order valence-corrected chi connectivity index (χ1v) is 17.4. The number of aryl methyl sites for hydroxylation is 1. The number of nitrogens with zero attached hydrogens (tertiary/aromatic N) is 2. The van der Waals surface area contributed by atoms with Gasteiger partial charge in [0.2, 0.25) is 21.8 Å². The topological polar surface area (TPSA) is 105 Å². The second-order valence-electron chi connectivity index (χ2n) is 11.7. The Labute approximate surface area is 266 Å². The van der Waals surface area contributed by atoms with Gasteiger partial charge in [0.25, 0.3) is 0 Å². The van der Waals surface area contributed by atoms with Gasteiger partial charge in [0.15, 0.2) is 11.5 Å². The maximum atomic E-state index is 14.5. The van der Waals surface area contributed by atoms with Gasteiger partial charge in [-0.05, 0) is 55.5 Å². The molecule has 45 heavy (non-hydrogen) atoms. The summed E-state index contributed by atoms with van der Waals surface area (Å²) in [5, 5.41) is 3.24. The van der Waals surface area contributed by atoms with Crippen LogP contribution in [0.1, 0.15) is 55.7 Å². The number of ether oxygens (including phenoxy) is 2. The second-order valence-corrected chi connectivity index (χ2v) is 13.9. The maximum Gasteiger partial charge on any atom is 0.244 e. The Hall–Kier alpha value is -4.05. The van der Waals surface area contributed by atoms with E-state index in [-0.39, 0.29) is 24.2 Å². The number of sulfonamides is 1. The van der Waals surface area contributed by atoms with E-state index in [2.05, 4.69) is 5.32 Å². The third kappa shape index (κ3) is 8.16. The maximum absolute atomic E-state index is 14.5. The van der Waals surface area contributed by atoms with Crippen LogP contribution >= 0.6 is 0 Å². The lowest BCUT2D eigenvalue weighted by Gasteiger charge is -2.35. The second kappa shape index (κ2) is 14.8. The number of carbonyl (C=O) groups is 2. The normalized spacial score (nSPS) is 15.6. The molecule has 0 bridgehead atoms. The van der Waals surface area contributed by atoms with Crippen molar-refractivity contribution in [1.82, 2.24) is 10.2 Å². The Morgan fingerprint density at radius 1 is 0.911 bits per heavy atom. The van der Waals surface area contributed by atoms with Crippen molar-refractivity contribution in [3.63, 3.8) is 0 Å². The van der Waals surface area contributed by atoms with Crippen LogP contribution in [0.25, 0.3) is 0 Å². The van der Waals surface area contributed by atoms with Crippen molar-refractivity contribution < 1.29 is 27.5 Å². The minimum atomic E-state index is -3.89. The molecule has 0 unspecified atom stereocenters. The van der Waals surface area contributed by atoms with Gasteiger partial charge >= 0.3 is 0 Å². The molecule has 1 fully saturated rings. The number of benzene rings is 3. The fraction of sp³-hybridized carbons (Fsp3) is 0.429. The largest absolute Gasteiger partial charge is 0.486 e. The highest BCUT2D eigenvalue weighted by molar-refractivity contribution is 7.92. The van der Waals surface area contributed by atoms with Crippen LogP contribution in [0.4, 0.5) is 5.69 Å². The number of rotatable bonds is 12. The molecular weight excluding hydrogens is 590 g/mol. The molecule has 0 saturated heterocycles. The summed E-state index contributed by atoms with van der Waals surface area (Å²) in [6, 6.07) is 21.4. The Kier molecular flexibility index (Phi) is 10.7. The number of fused-ring (bicyclic) bond motifs is 1. The van der Waals surface area contributed by atoms with Gasteiger partial charge in [-0.1, -0.05) is 73.9 Å². The number of amides is 2. The van der Waals surface area contributed by atoms with E-state index < -0.39 is 28.5 Å². The molecule has 0 radical (unpaired) electrons. The van der Waals surface area contributed by atoms with Crippen LogP contribution in [0, 0.1) is 6.92 Å². The molecule has 1 atom stereocenters. The van der Waals surface area contributed by atoms with Crippen molar-refractivity contribution in [2.75, 3.05) is 29.8 Å². The van der Waals surface area contributed by atoms with Crippen molar-refractivity contribution in [3.05, 3.63) is 89.5 Å². The zero-order valence-corrected chi connectivity index (χ0v) is 26.9. The highest BCUT2D eigenvalue weighted by atomic mass is 32.2. The van der Waals surface area contributed by atoms with E-state index in [1.54, 1.807) is 30.0 Å². The predicted octanol–water partition coefficient (Wildman–Crippen LogP) is 5.01. The van der Waals surface area contributed by atoms with E-state index >= 15 is 0 Å². The van der Waals surface area contributed by atoms with Crippen LogP contribution in [-0.2, 0) is 32.6 Å². The molecule has 1 aliphatic heterocycles. The van der Waals surface area contributed by atoms with E-state index in [1.165, 1.54) is 0 Å². The van der Waals surface area contributed by atoms with Gasteiger partial charge in [-0.25, -0.2) is 8.42 Å². The molecular formula is C35H43N3O6S. The monoisotopic (exact) mass is 633 g/mol. The van der Waals surface area contributed by atoms with Crippen LogP contribution in [0.3, 0.4) is 0 Å². The van der Waals surface area contributed by atoms with Crippen molar-refractivity contribution in [1.29, 1.82) is 0 Å². The number of carbonyl (C=O) groups excluding carboxylic acids is 2. The SMILES string of the molecule is CCS(=O)(=O)N(CC(=O)N(Cc1ccccc1C)[C@H](Cc1ccccc1)C(=O)NC1CCCCC1)c1ccc2c(c1)OCCO2. The molecule has 3 aromatic carbocycles. The van der Waals surface area contributed by atoms with Gasteiger partial charge < -0.3 is 19.7 Å². The molecule has 240 valence electrons. The summed E-state index contributed by atoms with van der Waals surface area (Å²) in [7, 11) is -3.89. The Morgan fingerprint density at radius 2 is 1.60 bits per heavy atom. The standard InChI is InChI=1S/C35H43N3O6S/c1-3-45(41,42)38(30-18-19-32-33(23-30)44-21-20-43-32)25-34(39)37(24-28-15-11-10-12-26(28)2)31(22-27-13-6-4-7-14-27)35(40)36-29-16-8-5-9-17-29/h4,6-7,10-15,18-19,23,29,31H,3,5,8-9,16-17,20-22,24-25H2,1-2H3,(H,36,40)/t31-/m1/s1. The highest BCUT2D eigenvalue weighted by Gasteiger charge is 2.35. The zero-order valence-electron chi connectivity index (χ0n) is 26.1. The summed E-state index contributed by atoms with van der Waals surface area (Å²) in [6.45, 7) is 3.95. The zero-order chi connectivity index (χ0) is 31.8. The molecule has 1 N–H and O–H groups in total. The summed E-state index contributed by atoms with van der Waals surface area (Å²) in [6.07, 6.45) is 5.37. The molecule has 1 heterocycles. The third-order valence-electron chi connectivity index (χ3n) is 8.62. The fourth-order valence-electron chi connectivity index (χ4n) is 5.98. The van der Waals surface area contributed by atoms with Gasteiger partial charge in [0.1, 0.15) is 25.8 Å². The van der Waals surface area contributed by atoms with Gasteiger partial charge in [-0.3, -0.25) is 13.9 Å². The summed E-state index contributed by atoms with van der Waals surface area (Å²) in [5.74, 6) is 0.0471. The summed E-state index contributed by atoms with van der Waals surface area (Å²) >= 11 is 0. The minimum Gasteiger partial charge on any atom is -0.486 e. The van der Waals surface area contributed by atoms with Crippen LogP contribution in [0.15, 0.2) is 72.8 Å². The van der Waals surface area contributed by atoms with E-state index in [9.17, 15) is 18.0 Å². The molecule has 5 rings (SSSR count). The Morgan fingerprint density at radius 3 is 2.31 bits per heavy atom. The van der Waals surface area contributed by atoms with E-state index in [0.29, 0.717) is 36.8 Å². The lowest BCUT2D eigenvalue weighted by molar-refractivity contribution is -0.140. The van der Waals surface area contributed by atoms with Gasteiger partial charge in [0.05, 0.1) is 11.4 Å².